The zero-order valence-corrected chi connectivity index (χ0v) is 6.85. The third-order valence-electron chi connectivity index (χ3n) is 1.85. The SMILES string of the molecule is [CH2]CC(C)N(CC)CC. The Hall–Kier alpha value is -0.0400. The maximum atomic E-state index is 3.86. The molecule has 0 aliphatic carbocycles. The topological polar surface area (TPSA) is 3.24 Å². The van der Waals surface area contributed by atoms with E-state index in [1.54, 1.807) is 0 Å². The summed E-state index contributed by atoms with van der Waals surface area (Å²) in [5, 5.41) is 0. The van der Waals surface area contributed by atoms with Crippen molar-refractivity contribution in [2.45, 2.75) is 33.2 Å². The Labute approximate surface area is 59.1 Å². The second-order valence-corrected chi connectivity index (χ2v) is 2.36. The molecule has 1 atom stereocenters. The highest BCUT2D eigenvalue weighted by Crippen LogP contribution is 2.00. The minimum atomic E-state index is 0.653. The molecule has 0 saturated carbocycles. The van der Waals surface area contributed by atoms with E-state index in [0.717, 1.165) is 19.5 Å². The molecule has 1 nitrogen and oxygen atoms in total. The molecule has 0 aliphatic heterocycles. The Bertz CT molecular complexity index is 57.6. The monoisotopic (exact) mass is 128 g/mol. The van der Waals surface area contributed by atoms with Crippen LogP contribution >= 0.6 is 0 Å². The molecular formula is C8H18N. The third kappa shape index (κ3) is 2.85. The van der Waals surface area contributed by atoms with Crippen molar-refractivity contribution in [3.05, 3.63) is 6.92 Å². The van der Waals surface area contributed by atoms with Crippen molar-refractivity contribution in [3.8, 4) is 0 Å². The van der Waals surface area contributed by atoms with E-state index in [0.29, 0.717) is 6.04 Å². The van der Waals surface area contributed by atoms with Gasteiger partial charge in [-0.15, -0.1) is 0 Å². The summed E-state index contributed by atoms with van der Waals surface area (Å²) in [6, 6.07) is 0.653. The fourth-order valence-corrected chi connectivity index (χ4v) is 1.03. The summed E-state index contributed by atoms with van der Waals surface area (Å²) in [5.74, 6) is 0. The van der Waals surface area contributed by atoms with E-state index in [1.807, 2.05) is 0 Å². The van der Waals surface area contributed by atoms with Gasteiger partial charge in [0.2, 0.25) is 0 Å². The molecule has 0 rings (SSSR count). The van der Waals surface area contributed by atoms with Crippen LogP contribution < -0.4 is 0 Å². The van der Waals surface area contributed by atoms with Gasteiger partial charge in [-0.1, -0.05) is 20.8 Å². The maximum absolute atomic E-state index is 3.86. The van der Waals surface area contributed by atoms with Crippen LogP contribution in [-0.4, -0.2) is 24.0 Å². The molecule has 0 aromatic heterocycles. The molecule has 0 saturated heterocycles. The van der Waals surface area contributed by atoms with E-state index in [-0.39, 0.29) is 0 Å². The molecule has 0 heterocycles. The van der Waals surface area contributed by atoms with Gasteiger partial charge in [0.25, 0.3) is 0 Å². The summed E-state index contributed by atoms with van der Waals surface area (Å²) in [6.07, 6.45) is 1.02. The normalized spacial score (nSPS) is 14.3. The number of rotatable bonds is 4. The summed E-state index contributed by atoms with van der Waals surface area (Å²) in [4.78, 5) is 2.41. The molecule has 0 bridgehead atoms. The van der Waals surface area contributed by atoms with E-state index < -0.39 is 0 Å². The molecule has 0 amide bonds. The molecule has 0 aromatic carbocycles. The lowest BCUT2D eigenvalue weighted by Crippen LogP contribution is -2.31. The van der Waals surface area contributed by atoms with Crippen molar-refractivity contribution < 1.29 is 0 Å². The Kier molecular flexibility index (Phi) is 4.78. The second-order valence-electron chi connectivity index (χ2n) is 2.36. The number of hydrogen-bond acceptors (Lipinski definition) is 1. The van der Waals surface area contributed by atoms with Gasteiger partial charge in [-0.3, -0.25) is 0 Å². The Morgan fingerprint density at radius 1 is 1.33 bits per heavy atom. The summed E-state index contributed by atoms with van der Waals surface area (Å²) in [5.41, 5.74) is 0. The lowest BCUT2D eigenvalue weighted by molar-refractivity contribution is 0.232. The van der Waals surface area contributed by atoms with Crippen molar-refractivity contribution in [2.24, 2.45) is 0 Å². The average molecular weight is 128 g/mol. The van der Waals surface area contributed by atoms with Crippen LogP contribution in [0.15, 0.2) is 0 Å². The second kappa shape index (κ2) is 4.80. The van der Waals surface area contributed by atoms with Gasteiger partial charge in [0.15, 0.2) is 0 Å². The van der Waals surface area contributed by atoms with Crippen LogP contribution in [0.2, 0.25) is 0 Å². The Morgan fingerprint density at radius 3 is 1.89 bits per heavy atom. The van der Waals surface area contributed by atoms with Crippen LogP contribution in [0.5, 0.6) is 0 Å². The molecule has 55 valence electrons. The van der Waals surface area contributed by atoms with Gasteiger partial charge < -0.3 is 4.90 Å². The number of nitrogens with zero attached hydrogens (tertiary/aromatic N) is 1. The fourth-order valence-electron chi connectivity index (χ4n) is 1.03. The minimum Gasteiger partial charge on any atom is -0.301 e. The van der Waals surface area contributed by atoms with E-state index in [1.165, 1.54) is 0 Å². The molecule has 0 aliphatic rings. The first-order chi connectivity index (χ1) is 4.26. The molecule has 0 fully saturated rings. The minimum absolute atomic E-state index is 0.653. The third-order valence-corrected chi connectivity index (χ3v) is 1.85. The molecule has 1 radical (unpaired) electrons. The van der Waals surface area contributed by atoms with E-state index in [9.17, 15) is 0 Å². The summed E-state index contributed by atoms with van der Waals surface area (Å²) in [7, 11) is 0. The summed E-state index contributed by atoms with van der Waals surface area (Å²) >= 11 is 0. The molecule has 0 N–H and O–H groups in total. The van der Waals surface area contributed by atoms with Gasteiger partial charge in [0.05, 0.1) is 0 Å². The lowest BCUT2D eigenvalue weighted by atomic mass is 10.2. The van der Waals surface area contributed by atoms with Gasteiger partial charge >= 0.3 is 0 Å². The quantitative estimate of drug-likeness (QED) is 0.559. The first-order valence-electron chi connectivity index (χ1n) is 3.79. The van der Waals surface area contributed by atoms with Crippen LogP contribution in [0, 0.1) is 6.92 Å². The average Bonchev–Trinajstić information content (AvgIpc) is 1.90. The van der Waals surface area contributed by atoms with E-state index >= 15 is 0 Å². The molecular weight excluding hydrogens is 110 g/mol. The van der Waals surface area contributed by atoms with Gasteiger partial charge in [-0.2, -0.15) is 0 Å². The van der Waals surface area contributed by atoms with Crippen molar-refractivity contribution in [2.75, 3.05) is 13.1 Å². The highest BCUT2D eigenvalue weighted by atomic mass is 15.1. The van der Waals surface area contributed by atoms with Crippen LogP contribution in [0.4, 0.5) is 0 Å². The molecule has 1 heteroatoms. The molecule has 1 unspecified atom stereocenters. The highest BCUT2D eigenvalue weighted by Gasteiger charge is 2.05. The fraction of sp³-hybridized carbons (Fsp3) is 0.875. The lowest BCUT2D eigenvalue weighted by Gasteiger charge is -2.24. The van der Waals surface area contributed by atoms with Gasteiger partial charge in [-0.25, -0.2) is 0 Å². The Balaban J connectivity index is 3.50. The Morgan fingerprint density at radius 2 is 1.78 bits per heavy atom. The molecule has 0 aromatic rings. The summed E-state index contributed by atoms with van der Waals surface area (Å²) < 4.78 is 0. The highest BCUT2D eigenvalue weighted by molar-refractivity contribution is 4.64. The standard InChI is InChI=1S/C8H18N/c1-5-8(4)9(6-2)7-3/h8H,1,5-7H2,2-4H3. The van der Waals surface area contributed by atoms with Crippen molar-refractivity contribution in [3.63, 3.8) is 0 Å². The van der Waals surface area contributed by atoms with Crippen LogP contribution in [0.3, 0.4) is 0 Å². The van der Waals surface area contributed by atoms with Gasteiger partial charge in [0, 0.05) is 6.04 Å². The zero-order valence-electron chi connectivity index (χ0n) is 6.85. The van der Waals surface area contributed by atoms with Crippen LogP contribution in [0.1, 0.15) is 27.2 Å². The number of hydrogen-bond donors (Lipinski definition) is 0. The van der Waals surface area contributed by atoms with Crippen LogP contribution in [0.25, 0.3) is 0 Å². The van der Waals surface area contributed by atoms with E-state index in [4.69, 9.17) is 0 Å². The zero-order chi connectivity index (χ0) is 7.28. The largest absolute Gasteiger partial charge is 0.301 e. The van der Waals surface area contributed by atoms with Gasteiger partial charge in [-0.05, 0) is 26.4 Å². The van der Waals surface area contributed by atoms with E-state index in [2.05, 4.69) is 32.6 Å². The van der Waals surface area contributed by atoms with Crippen LogP contribution in [-0.2, 0) is 0 Å². The first kappa shape index (κ1) is 8.96. The predicted molar refractivity (Wildman–Crippen MR) is 42.4 cm³/mol. The van der Waals surface area contributed by atoms with Crippen molar-refractivity contribution in [1.29, 1.82) is 0 Å². The first-order valence-corrected chi connectivity index (χ1v) is 3.79. The molecule has 9 heavy (non-hydrogen) atoms. The molecule has 0 spiro atoms. The maximum Gasteiger partial charge on any atom is 0.00666 e. The van der Waals surface area contributed by atoms with Crippen molar-refractivity contribution >= 4 is 0 Å². The predicted octanol–water partition coefficient (Wildman–Crippen LogP) is 1.94. The van der Waals surface area contributed by atoms with Crippen molar-refractivity contribution in [1.82, 2.24) is 4.90 Å². The smallest absolute Gasteiger partial charge is 0.00666 e. The van der Waals surface area contributed by atoms with Gasteiger partial charge in [0.1, 0.15) is 0 Å². The summed E-state index contributed by atoms with van der Waals surface area (Å²) in [6.45, 7) is 12.8.